The number of aromatic hydroxyl groups is 1. The molecule has 1 atom stereocenters. The summed E-state index contributed by atoms with van der Waals surface area (Å²) in [5.41, 5.74) is 2.74. The van der Waals surface area contributed by atoms with Crippen LogP contribution in [-0.2, 0) is 37.0 Å². The molecule has 5 rings (SSSR count). The van der Waals surface area contributed by atoms with Crippen LogP contribution >= 0.6 is 0 Å². The number of anilines is 1. The summed E-state index contributed by atoms with van der Waals surface area (Å²) in [6.45, 7) is 14.9. The van der Waals surface area contributed by atoms with E-state index in [0.717, 1.165) is 31.9 Å². The highest BCUT2D eigenvalue weighted by Gasteiger charge is 2.21. The van der Waals surface area contributed by atoms with E-state index in [4.69, 9.17) is 28.8 Å². The van der Waals surface area contributed by atoms with E-state index in [2.05, 4.69) is 29.9 Å². The molecule has 0 radical (unpaired) electrons. The Bertz CT molecular complexity index is 1780. The lowest BCUT2D eigenvalue weighted by Crippen LogP contribution is -2.27. The third-order valence-corrected chi connectivity index (χ3v) is 9.95. The van der Waals surface area contributed by atoms with E-state index >= 15 is 4.39 Å². The lowest BCUT2D eigenvalue weighted by Gasteiger charge is -2.22. The van der Waals surface area contributed by atoms with Crippen LogP contribution in [-0.4, -0.2) is 72.4 Å². The molecule has 276 valence electrons. The quantitative estimate of drug-likeness (QED) is 0.0704. The van der Waals surface area contributed by atoms with Crippen molar-refractivity contribution < 1.29 is 38.0 Å². The smallest absolute Gasteiger partial charge is 0.412 e. The van der Waals surface area contributed by atoms with E-state index in [0.29, 0.717) is 65.2 Å². The number of pyridine rings is 1. The summed E-state index contributed by atoms with van der Waals surface area (Å²) < 4.78 is 46.0. The number of fused-ring (bicyclic) bond motifs is 1. The van der Waals surface area contributed by atoms with Crippen LogP contribution in [0, 0.1) is 5.82 Å². The maximum Gasteiger partial charge on any atom is 0.412 e. The Labute approximate surface area is 300 Å². The molecule has 1 amide bonds. The van der Waals surface area contributed by atoms with Crippen molar-refractivity contribution in [1.29, 1.82) is 0 Å². The van der Waals surface area contributed by atoms with Crippen LogP contribution in [0.2, 0.25) is 25.7 Å². The highest BCUT2D eigenvalue weighted by Crippen LogP contribution is 2.36. The molecule has 1 fully saturated rings. The Hall–Kier alpha value is -3.88. The van der Waals surface area contributed by atoms with Gasteiger partial charge in [-0.3, -0.25) is 10.3 Å². The van der Waals surface area contributed by atoms with Crippen LogP contribution in [0.3, 0.4) is 0 Å². The molecule has 0 aliphatic carbocycles. The molecule has 3 heterocycles. The lowest BCUT2D eigenvalue weighted by atomic mass is 10.0. The van der Waals surface area contributed by atoms with Gasteiger partial charge < -0.3 is 28.8 Å². The van der Waals surface area contributed by atoms with Crippen molar-refractivity contribution in [2.24, 2.45) is 0 Å². The molecular formula is C38H51FN4O7Si. The minimum Gasteiger partial charge on any atom is -0.506 e. The molecule has 0 saturated carbocycles. The second kappa shape index (κ2) is 17.1. The Kier molecular flexibility index (Phi) is 12.8. The summed E-state index contributed by atoms with van der Waals surface area (Å²) in [6, 6.07) is 12.6. The standard InChI is InChI=1S/C38H51FN4O7Si/c1-38(2,3)50-37(45)41-30-15-14-26(21-33(30)44)36-28-22-31(40-23-32(28)43(42-36)25-47-19-20-51(4,5)6)35-27(11-9-12-29(35)39)24-46-16-10-18-49-34-13-7-8-17-48-34/h9,11-12,14-15,21-23,34,44H,7-8,10,13,16-20,24-25H2,1-6H3,(H,41,45). The third kappa shape index (κ3) is 11.1. The Balaban J connectivity index is 1.39. The van der Waals surface area contributed by atoms with Crippen LogP contribution in [0.1, 0.15) is 52.0 Å². The zero-order valence-corrected chi connectivity index (χ0v) is 31.6. The van der Waals surface area contributed by atoms with Gasteiger partial charge in [-0.15, -0.1) is 0 Å². The Morgan fingerprint density at radius 1 is 1.10 bits per heavy atom. The second-order valence-electron chi connectivity index (χ2n) is 15.0. The fourth-order valence-electron chi connectivity index (χ4n) is 5.62. The number of aromatic nitrogens is 3. The number of nitrogens with zero attached hydrogens (tertiary/aromatic N) is 3. The van der Waals surface area contributed by atoms with E-state index in [1.165, 1.54) is 12.1 Å². The Morgan fingerprint density at radius 2 is 1.92 bits per heavy atom. The molecule has 4 aromatic rings. The van der Waals surface area contributed by atoms with Crippen molar-refractivity contribution in [3.63, 3.8) is 0 Å². The first kappa shape index (κ1) is 38.4. The van der Waals surface area contributed by atoms with Gasteiger partial charge in [0.05, 0.1) is 36.3 Å². The predicted molar refractivity (Wildman–Crippen MR) is 198 cm³/mol. The number of carbonyl (C=O) groups is 1. The molecule has 13 heteroatoms. The fourth-order valence-corrected chi connectivity index (χ4v) is 6.38. The summed E-state index contributed by atoms with van der Waals surface area (Å²) >= 11 is 0. The van der Waals surface area contributed by atoms with Gasteiger partial charge in [0, 0.05) is 44.4 Å². The average Bonchev–Trinajstić information content (AvgIpc) is 3.42. The fraction of sp³-hybridized carbons (Fsp3) is 0.500. The molecule has 0 spiro atoms. The van der Waals surface area contributed by atoms with E-state index in [1.807, 2.05) is 6.07 Å². The van der Waals surface area contributed by atoms with Crippen LogP contribution in [0.15, 0.2) is 48.7 Å². The molecule has 2 N–H and O–H groups in total. The normalized spacial score (nSPS) is 15.3. The summed E-state index contributed by atoms with van der Waals surface area (Å²) in [7, 11) is -1.30. The van der Waals surface area contributed by atoms with Gasteiger partial charge in [-0.25, -0.2) is 13.9 Å². The molecule has 1 unspecified atom stereocenters. The molecule has 1 aliphatic heterocycles. The number of amides is 1. The van der Waals surface area contributed by atoms with Crippen molar-refractivity contribution in [3.05, 3.63) is 60.0 Å². The molecule has 2 aromatic heterocycles. The minimum absolute atomic E-state index is 0.142. The minimum atomic E-state index is -1.30. The van der Waals surface area contributed by atoms with Gasteiger partial charge in [0.1, 0.15) is 29.6 Å². The molecule has 51 heavy (non-hydrogen) atoms. The third-order valence-electron chi connectivity index (χ3n) is 8.24. The molecule has 11 nitrogen and oxygen atoms in total. The molecule has 1 saturated heterocycles. The zero-order valence-electron chi connectivity index (χ0n) is 30.6. The van der Waals surface area contributed by atoms with Crippen molar-refractivity contribution in [2.75, 3.05) is 31.7 Å². The largest absolute Gasteiger partial charge is 0.506 e. The first-order chi connectivity index (χ1) is 24.3. The number of phenols is 1. The van der Waals surface area contributed by atoms with Gasteiger partial charge in [0.15, 0.2) is 6.29 Å². The van der Waals surface area contributed by atoms with Gasteiger partial charge in [-0.1, -0.05) is 37.8 Å². The predicted octanol–water partition coefficient (Wildman–Crippen LogP) is 8.72. The number of rotatable bonds is 15. The van der Waals surface area contributed by atoms with Gasteiger partial charge in [-0.2, -0.15) is 5.10 Å². The van der Waals surface area contributed by atoms with Gasteiger partial charge in [0.25, 0.3) is 0 Å². The average molecular weight is 723 g/mol. The number of nitrogens with one attached hydrogen (secondary N) is 1. The number of halogens is 1. The second-order valence-corrected chi connectivity index (χ2v) is 20.6. The molecule has 0 bridgehead atoms. The van der Waals surface area contributed by atoms with Crippen LogP contribution in [0.25, 0.3) is 33.4 Å². The SMILES string of the molecule is CC(C)(C)OC(=O)Nc1ccc(-c2nn(COCC[Si](C)(C)C)c3cnc(-c4c(F)cccc4COCCCOC4CCCCO4)cc23)cc1O. The first-order valence-corrected chi connectivity index (χ1v) is 21.3. The number of phenolic OH excluding ortho intramolecular Hbond substituents is 1. The van der Waals surface area contributed by atoms with E-state index in [-0.39, 0.29) is 31.1 Å². The van der Waals surface area contributed by atoms with E-state index in [1.54, 1.807) is 55.9 Å². The maximum atomic E-state index is 15.6. The summed E-state index contributed by atoms with van der Waals surface area (Å²) in [5, 5.41) is 19.1. The number of ether oxygens (including phenoxy) is 5. The van der Waals surface area contributed by atoms with Gasteiger partial charge in [0.2, 0.25) is 0 Å². The van der Waals surface area contributed by atoms with Crippen molar-refractivity contribution >= 4 is 30.8 Å². The molecule has 1 aliphatic rings. The topological polar surface area (TPSA) is 126 Å². The maximum absolute atomic E-state index is 15.6. The summed E-state index contributed by atoms with van der Waals surface area (Å²) in [6.07, 6.45) is 4.63. The molecular weight excluding hydrogens is 672 g/mol. The van der Waals surface area contributed by atoms with Crippen LogP contribution in [0.4, 0.5) is 14.9 Å². The number of benzene rings is 2. The van der Waals surface area contributed by atoms with E-state index < -0.39 is 25.6 Å². The zero-order chi connectivity index (χ0) is 36.6. The number of hydrogen-bond acceptors (Lipinski definition) is 9. The lowest BCUT2D eigenvalue weighted by molar-refractivity contribution is -0.164. The van der Waals surface area contributed by atoms with Crippen molar-refractivity contribution in [2.45, 2.75) is 97.4 Å². The summed E-state index contributed by atoms with van der Waals surface area (Å²) in [4.78, 5) is 17.1. The van der Waals surface area contributed by atoms with Gasteiger partial charge >= 0.3 is 6.09 Å². The van der Waals surface area contributed by atoms with Gasteiger partial charge in [-0.05, 0) is 82.3 Å². The van der Waals surface area contributed by atoms with Crippen molar-refractivity contribution in [1.82, 2.24) is 14.8 Å². The van der Waals surface area contributed by atoms with E-state index in [9.17, 15) is 9.90 Å². The van der Waals surface area contributed by atoms with Crippen molar-refractivity contribution in [3.8, 4) is 28.3 Å². The summed E-state index contributed by atoms with van der Waals surface area (Å²) in [5.74, 6) is -0.577. The first-order valence-electron chi connectivity index (χ1n) is 17.6. The highest BCUT2D eigenvalue weighted by molar-refractivity contribution is 6.76. The van der Waals surface area contributed by atoms with Crippen LogP contribution < -0.4 is 5.32 Å². The number of carbonyl (C=O) groups excluding carboxylic acids is 1. The Morgan fingerprint density at radius 3 is 2.65 bits per heavy atom. The highest BCUT2D eigenvalue weighted by atomic mass is 28.3. The van der Waals surface area contributed by atoms with Crippen LogP contribution in [0.5, 0.6) is 5.75 Å². The number of hydrogen-bond donors (Lipinski definition) is 2. The molecule has 2 aromatic carbocycles. The monoisotopic (exact) mass is 722 g/mol.